The number of anilines is 1. The Morgan fingerprint density at radius 2 is 1.95 bits per heavy atom. The van der Waals surface area contributed by atoms with Crippen molar-refractivity contribution in [2.24, 2.45) is 0 Å². The lowest BCUT2D eigenvalue weighted by atomic mass is 9.96. The van der Waals surface area contributed by atoms with E-state index in [1.165, 1.54) is 25.7 Å². The van der Waals surface area contributed by atoms with Gasteiger partial charge in [0.05, 0.1) is 12.2 Å². The highest BCUT2D eigenvalue weighted by atomic mass is 79.9. The molecular weight excluding hydrogens is 330 g/mol. The molecule has 116 valence electrons. The lowest BCUT2D eigenvalue weighted by Gasteiger charge is -2.36. The SMILES string of the molecule is CN(C)C1(CNCC(=O)Nc2ccccc2Br)CCCC1. The molecule has 2 rings (SSSR count). The summed E-state index contributed by atoms with van der Waals surface area (Å²) in [6.45, 7) is 1.21. The molecule has 1 aliphatic rings. The van der Waals surface area contributed by atoms with Crippen molar-refractivity contribution in [3.63, 3.8) is 0 Å². The zero-order valence-electron chi connectivity index (χ0n) is 12.8. The number of carbonyl (C=O) groups is 1. The van der Waals surface area contributed by atoms with Crippen molar-refractivity contribution >= 4 is 27.5 Å². The van der Waals surface area contributed by atoms with Gasteiger partial charge in [-0.1, -0.05) is 25.0 Å². The first-order chi connectivity index (χ1) is 10.0. The van der Waals surface area contributed by atoms with Gasteiger partial charge in [0.25, 0.3) is 0 Å². The fourth-order valence-electron chi connectivity index (χ4n) is 2.98. The second kappa shape index (κ2) is 7.38. The summed E-state index contributed by atoms with van der Waals surface area (Å²) in [6, 6.07) is 7.65. The average Bonchev–Trinajstić information content (AvgIpc) is 2.91. The summed E-state index contributed by atoms with van der Waals surface area (Å²) >= 11 is 3.43. The Bertz CT molecular complexity index is 484. The number of hydrogen-bond acceptors (Lipinski definition) is 3. The Morgan fingerprint density at radius 1 is 1.29 bits per heavy atom. The van der Waals surface area contributed by atoms with Crippen LogP contribution in [0.2, 0.25) is 0 Å². The van der Waals surface area contributed by atoms with E-state index in [1.807, 2.05) is 24.3 Å². The third-order valence-corrected chi connectivity index (χ3v) is 5.06. The van der Waals surface area contributed by atoms with Crippen molar-refractivity contribution in [2.75, 3.05) is 32.5 Å². The highest BCUT2D eigenvalue weighted by molar-refractivity contribution is 9.10. The quantitative estimate of drug-likeness (QED) is 0.826. The van der Waals surface area contributed by atoms with Crippen LogP contribution in [-0.4, -0.2) is 43.5 Å². The summed E-state index contributed by atoms with van der Waals surface area (Å²) in [5.41, 5.74) is 1.03. The summed E-state index contributed by atoms with van der Waals surface area (Å²) in [4.78, 5) is 14.3. The Kier molecular flexibility index (Phi) is 5.79. The molecule has 21 heavy (non-hydrogen) atoms. The third kappa shape index (κ3) is 4.28. The van der Waals surface area contributed by atoms with E-state index in [9.17, 15) is 4.79 Å². The number of hydrogen-bond donors (Lipinski definition) is 2. The topological polar surface area (TPSA) is 44.4 Å². The molecule has 0 unspecified atom stereocenters. The predicted molar refractivity (Wildman–Crippen MR) is 90.5 cm³/mol. The second-order valence-corrected chi connectivity index (χ2v) is 6.81. The van der Waals surface area contributed by atoms with Crippen molar-refractivity contribution in [1.82, 2.24) is 10.2 Å². The van der Waals surface area contributed by atoms with Crippen molar-refractivity contribution in [3.05, 3.63) is 28.7 Å². The van der Waals surface area contributed by atoms with Gasteiger partial charge in [-0.15, -0.1) is 0 Å². The van der Waals surface area contributed by atoms with Crippen LogP contribution in [0.15, 0.2) is 28.7 Å². The van der Waals surface area contributed by atoms with Gasteiger partial charge in [-0.2, -0.15) is 0 Å². The van der Waals surface area contributed by atoms with E-state index in [-0.39, 0.29) is 11.4 Å². The van der Waals surface area contributed by atoms with Crippen LogP contribution in [0.5, 0.6) is 0 Å². The molecule has 4 nitrogen and oxygen atoms in total. The van der Waals surface area contributed by atoms with Crippen LogP contribution in [0, 0.1) is 0 Å². The Morgan fingerprint density at radius 3 is 2.57 bits per heavy atom. The molecule has 2 N–H and O–H groups in total. The van der Waals surface area contributed by atoms with E-state index in [0.29, 0.717) is 6.54 Å². The zero-order chi connectivity index (χ0) is 15.3. The minimum Gasteiger partial charge on any atom is -0.324 e. The van der Waals surface area contributed by atoms with Crippen LogP contribution in [-0.2, 0) is 4.79 Å². The molecule has 0 aliphatic heterocycles. The van der Waals surface area contributed by atoms with Crippen molar-refractivity contribution in [1.29, 1.82) is 0 Å². The first kappa shape index (κ1) is 16.5. The van der Waals surface area contributed by atoms with Gasteiger partial charge in [0.2, 0.25) is 5.91 Å². The molecule has 0 radical (unpaired) electrons. The molecular formula is C16H24BrN3O. The summed E-state index contributed by atoms with van der Waals surface area (Å²) in [5.74, 6) is -0.00574. The van der Waals surface area contributed by atoms with Gasteiger partial charge in [-0.05, 0) is 55.0 Å². The Labute approximate surface area is 135 Å². The van der Waals surface area contributed by atoms with Crippen LogP contribution in [0.3, 0.4) is 0 Å². The number of nitrogens with zero attached hydrogens (tertiary/aromatic N) is 1. The largest absolute Gasteiger partial charge is 0.324 e. The van der Waals surface area contributed by atoms with Crippen molar-refractivity contribution < 1.29 is 4.79 Å². The first-order valence-corrected chi connectivity index (χ1v) is 8.25. The normalized spacial score (nSPS) is 17.1. The minimum atomic E-state index is -0.00574. The van der Waals surface area contributed by atoms with E-state index in [4.69, 9.17) is 0 Å². The highest BCUT2D eigenvalue weighted by Crippen LogP contribution is 2.33. The Hall–Kier alpha value is -0.910. The standard InChI is InChI=1S/C16H24BrN3O/c1-20(2)16(9-5-6-10-16)12-18-11-15(21)19-14-8-4-3-7-13(14)17/h3-4,7-8,18H,5-6,9-12H2,1-2H3,(H,19,21). The molecule has 1 saturated carbocycles. The second-order valence-electron chi connectivity index (χ2n) is 5.96. The number of rotatable bonds is 6. The fourth-order valence-corrected chi connectivity index (χ4v) is 3.36. The molecule has 1 aliphatic carbocycles. The number of para-hydroxylation sites is 1. The third-order valence-electron chi connectivity index (χ3n) is 4.37. The van der Waals surface area contributed by atoms with Gasteiger partial charge >= 0.3 is 0 Å². The number of likely N-dealkylation sites (N-methyl/N-ethyl adjacent to an activating group) is 1. The molecule has 0 spiro atoms. The molecule has 0 atom stereocenters. The van der Waals surface area contributed by atoms with E-state index >= 15 is 0 Å². The van der Waals surface area contributed by atoms with Gasteiger partial charge in [0.1, 0.15) is 0 Å². The van der Waals surface area contributed by atoms with Gasteiger partial charge < -0.3 is 15.5 Å². The van der Waals surface area contributed by atoms with Crippen molar-refractivity contribution in [3.8, 4) is 0 Å². The van der Waals surface area contributed by atoms with E-state index in [2.05, 4.69) is 45.6 Å². The zero-order valence-corrected chi connectivity index (χ0v) is 14.4. The predicted octanol–water partition coefficient (Wildman–Crippen LogP) is 2.85. The van der Waals surface area contributed by atoms with Crippen LogP contribution in [0.25, 0.3) is 0 Å². The Balaban J connectivity index is 1.80. The van der Waals surface area contributed by atoms with Gasteiger partial charge in [-0.25, -0.2) is 0 Å². The minimum absolute atomic E-state index is 0.00574. The number of carbonyl (C=O) groups excluding carboxylic acids is 1. The van der Waals surface area contributed by atoms with Crippen LogP contribution < -0.4 is 10.6 Å². The number of halogens is 1. The van der Waals surface area contributed by atoms with Crippen LogP contribution in [0.1, 0.15) is 25.7 Å². The highest BCUT2D eigenvalue weighted by Gasteiger charge is 2.35. The summed E-state index contributed by atoms with van der Waals surface area (Å²) in [6.07, 6.45) is 4.98. The smallest absolute Gasteiger partial charge is 0.238 e. The number of nitrogens with one attached hydrogen (secondary N) is 2. The molecule has 1 fully saturated rings. The van der Waals surface area contributed by atoms with E-state index < -0.39 is 0 Å². The lowest BCUT2D eigenvalue weighted by molar-refractivity contribution is -0.115. The van der Waals surface area contributed by atoms with Crippen LogP contribution in [0.4, 0.5) is 5.69 Å². The number of benzene rings is 1. The first-order valence-electron chi connectivity index (χ1n) is 7.46. The lowest BCUT2D eigenvalue weighted by Crippen LogP contribution is -2.50. The van der Waals surface area contributed by atoms with Gasteiger partial charge in [-0.3, -0.25) is 4.79 Å². The number of amides is 1. The van der Waals surface area contributed by atoms with Crippen molar-refractivity contribution in [2.45, 2.75) is 31.2 Å². The molecule has 0 aromatic heterocycles. The summed E-state index contributed by atoms with van der Waals surface area (Å²) in [7, 11) is 4.27. The van der Waals surface area contributed by atoms with Gasteiger partial charge in [0, 0.05) is 16.6 Å². The maximum atomic E-state index is 12.0. The van der Waals surface area contributed by atoms with E-state index in [1.54, 1.807) is 0 Å². The maximum absolute atomic E-state index is 12.0. The summed E-state index contributed by atoms with van der Waals surface area (Å²) in [5, 5.41) is 6.24. The summed E-state index contributed by atoms with van der Waals surface area (Å²) < 4.78 is 0.902. The van der Waals surface area contributed by atoms with Crippen LogP contribution >= 0.6 is 15.9 Å². The molecule has 0 bridgehead atoms. The fraction of sp³-hybridized carbons (Fsp3) is 0.562. The average molecular weight is 354 g/mol. The molecule has 1 aromatic carbocycles. The molecule has 5 heteroatoms. The molecule has 1 amide bonds. The van der Waals surface area contributed by atoms with E-state index in [0.717, 1.165) is 16.7 Å². The molecule has 1 aromatic rings. The molecule has 0 heterocycles. The monoisotopic (exact) mass is 353 g/mol. The maximum Gasteiger partial charge on any atom is 0.238 e. The molecule has 0 saturated heterocycles. The van der Waals surface area contributed by atoms with Gasteiger partial charge in [0.15, 0.2) is 0 Å².